The monoisotopic (exact) mass is 295 g/mol. The van der Waals surface area contributed by atoms with Crippen molar-refractivity contribution in [2.24, 2.45) is 16.6 Å². The molecule has 0 bridgehead atoms. The molecule has 0 radical (unpaired) electrons. The molecule has 1 aliphatic heterocycles. The van der Waals surface area contributed by atoms with Crippen molar-refractivity contribution in [2.45, 2.75) is 32.6 Å². The van der Waals surface area contributed by atoms with Gasteiger partial charge in [0.15, 0.2) is 5.96 Å². The second-order valence-electron chi connectivity index (χ2n) is 5.96. The van der Waals surface area contributed by atoms with Gasteiger partial charge in [0.1, 0.15) is 11.6 Å². The Hall–Kier alpha value is -1.65. The molecule has 1 fully saturated rings. The van der Waals surface area contributed by atoms with Crippen LogP contribution in [0.2, 0.25) is 0 Å². The van der Waals surface area contributed by atoms with Crippen molar-refractivity contribution >= 4 is 5.96 Å². The van der Waals surface area contributed by atoms with Gasteiger partial charge in [-0.15, -0.1) is 0 Å². The van der Waals surface area contributed by atoms with Crippen LogP contribution in [-0.4, -0.2) is 30.5 Å². The van der Waals surface area contributed by atoms with E-state index in [1.807, 2.05) is 6.92 Å². The van der Waals surface area contributed by atoms with E-state index in [0.29, 0.717) is 24.0 Å². The van der Waals surface area contributed by atoms with E-state index in [1.165, 1.54) is 18.6 Å². The number of piperidine rings is 1. The van der Waals surface area contributed by atoms with Gasteiger partial charge in [-0.25, -0.2) is 8.78 Å². The number of rotatable bonds is 3. The molecule has 0 amide bonds. The highest BCUT2D eigenvalue weighted by atomic mass is 19.1. The van der Waals surface area contributed by atoms with E-state index in [4.69, 9.17) is 5.73 Å². The highest BCUT2D eigenvalue weighted by Gasteiger charge is 2.18. The number of hydrogen-bond donors (Lipinski definition) is 1. The lowest BCUT2D eigenvalue weighted by molar-refractivity contribution is 0.270. The molecule has 3 nitrogen and oxygen atoms in total. The second kappa shape index (κ2) is 6.87. The third-order valence-electron chi connectivity index (χ3n) is 4.00. The summed E-state index contributed by atoms with van der Waals surface area (Å²) in [7, 11) is 0. The van der Waals surface area contributed by atoms with E-state index in [1.54, 1.807) is 0 Å². The molecule has 0 aromatic heterocycles. The summed E-state index contributed by atoms with van der Waals surface area (Å²) in [6, 6.07) is 3.66. The number of guanidine groups is 1. The van der Waals surface area contributed by atoms with E-state index in [2.05, 4.69) is 16.8 Å². The fourth-order valence-corrected chi connectivity index (χ4v) is 2.73. The molecule has 1 aromatic carbocycles. The van der Waals surface area contributed by atoms with Crippen LogP contribution < -0.4 is 5.73 Å². The van der Waals surface area contributed by atoms with E-state index in [9.17, 15) is 8.78 Å². The van der Waals surface area contributed by atoms with Gasteiger partial charge in [-0.2, -0.15) is 0 Å². The molecule has 2 unspecified atom stereocenters. The van der Waals surface area contributed by atoms with Gasteiger partial charge < -0.3 is 10.6 Å². The Kier molecular flexibility index (Phi) is 5.15. The number of halogens is 2. The van der Waals surface area contributed by atoms with Crippen molar-refractivity contribution in [2.75, 3.05) is 19.6 Å². The molecule has 1 aliphatic rings. The molecule has 5 heteroatoms. The number of nitrogens with two attached hydrogens (primary N) is 1. The zero-order valence-corrected chi connectivity index (χ0v) is 12.6. The van der Waals surface area contributed by atoms with Crippen molar-refractivity contribution in [1.82, 2.24) is 4.90 Å². The molecule has 1 saturated heterocycles. The van der Waals surface area contributed by atoms with Crippen LogP contribution in [-0.2, 0) is 0 Å². The molecule has 2 atom stereocenters. The van der Waals surface area contributed by atoms with E-state index in [-0.39, 0.29) is 5.92 Å². The number of aliphatic imine (C=N–C) groups is 1. The summed E-state index contributed by atoms with van der Waals surface area (Å²) in [6.07, 6.45) is 2.35. The van der Waals surface area contributed by atoms with Gasteiger partial charge in [0, 0.05) is 31.6 Å². The molecule has 2 N–H and O–H groups in total. The summed E-state index contributed by atoms with van der Waals surface area (Å²) < 4.78 is 26.6. The Bertz CT molecular complexity index is 516. The third-order valence-corrected chi connectivity index (χ3v) is 4.00. The maximum Gasteiger partial charge on any atom is 0.191 e. The molecular formula is C16H23F2N3. The Morgan fingerprint density at radius 1 is 1.48 bits per heavy atom. The Morgan fingerprint density at radius 3 is 2.90 bits per heavy atom. The van der Waals surface area contributed by atoms with Crippen molar-refractivity contribution in [1.29, 1.82) is 0 Å². The molecule has 0 aliphatic carbocycles. The van der Waals surface area contributed by atoms with Crippen LogP contribution in [0.4, 0.5) is 8.78 Å². The van der Waals surface area contributed by atoms with Crippen molar-refractivity contribution in [3.63, 3.8) is 0 Å². The second-order valence-corrected chi connectivity index (χ2v) is 5.96. The lowest BCUT2D eigenvalue weighted by Gasteiger charge is -2.31. The predicted molar refractivity (Wildman–Crippen MR) is 81.2 cm³/mol. The van der Waals surface area contributed by atoms with E-state index in [0.717, 1.165) is 25.6 Å². The highest BCUT2D eigenvalue weighted by molar-refractivity contribution is 5.78. The van der Waals surface area contributed by atoms with Gasteiger partial charge in [-0.1, -0.05) is 19.9 Å². The van der Waals surface area contributed by atoms with E-state index < -0.39 is 11.6 Å². The smallest absolute Gasteiger partial charge is 0.191 e. The minimum atomic E-state index is -0.561. The fourth-order valence-electron chi connectivity index (χ4n) is 2.73. The molecule has 21 heavy (non-hydrogen) atoms. The maximum atomic E-state index is 13.7. The van der Waals surface area contributed by atoms with Gasteiger partial charge in [0.05, 0.1) is 0 Å². The van der Waals surface area contributed by atoms with Gasteiger partial charge in [0.25, 0.3) is 0 Å². The van der Waals surface area contributed by atoms with Crippen molar-refractivity contribution < 1.29 is 8.78 Å². The summed E-state index contributed by atoms with van der Waals surface area (Å²) in [5.41, 5.74) is 6.49. The quantitative estimate of drug-likeness (QED) is 0.687. The molecule has 1 aromatic rings. The summed E-state index contributed by atoms with van der Waals surface area (Å²) in [4.78, 5) is 6.47. The van der Waals surface area contributed by atoms with Crippen LogP contribution in [0.1, 0.15) is 38.2 Å². The number of benzene rings is 1. The summed E-state index contributed by atoms with van der Waals surface area (Å²) in [6.45, 7) is 6.33. The largest absolute Gasteiger partial charge is 0.370 e. The number of likely N-dealkylation sites (tertiary alicyclic amines) is 1. The minimum Gasteiger partial charge on any atom is -0.370 e. The molecule has 0 saturated carbocycles. The van der Waals surface area contributed by atoms with Gasteiger partial charge >= 0.3 is 0 Å². The molecular weight excluding hydrogens is 272 g/mol. The average molecular weight is 295 g/mol. The highest BCUT2D eigenvalue weighted by Crippen LogP contribution is 2.20. The van der Waals surface area contributed by atoms with Crippen LogP contribution in [0.25, 0.3) is 0 Å². The average Bonchev–Trinajstić information content (AvgIpc) is 2.44. The zero-order chi connectivity index (χ0) is 15.4. The van der Waals surface area contributed by atoms with Crippen LogP contribution in [0.15, 0.2) is 23.2 Å². The first-order valence-corrected chi connectivity index (χ1v) is 7.47. The summed E-state index contributed by atoms with van der Waals surface area (Å²) in [5, 5.41) is 0. The molecule has 1 heterocycles. The summed E-state index contributed by atoms with van der Waals surface area (Å²) >= 11 is 0. The summed E-state index contributed by atoms with van der Waals surface area (Å²) in [5.74, 6) is -0.0709. The van der Waals surface area contributed by atoms with Crippen LogP contribution in [0.3, 0.4) is 0 Å². The lowest BCUT2D eigenvalue weighted by Crippen LogP contribution is -2.43. The standard InChI is InChI=1S/C16H23F2N3/c1-11-4-3-7-21(10-11)16(19)20-9-12(2)14-6-5-13(17)8-15(14)18/h5-6,8,11-12H,3-4,7,9-10H2,1-2H3,(H2,19,20). The van der Waals surface area contributed by atoms with Gasteiger partial charge in [0.2, 0.25) is 0 Å². The first kappa shape index (κ1) is 15.7. The van der Waals surface area contributed by atoms with Gasteiger partial charge in [-0.05, 0) is 30.4 Å². The Balaban J connectivity index is 1.98. The number of hydrogen-bond acceptors (Lipinski definition) is 1. The Labute approximate surface area is 124 Å². The van der Waals surface area contributed by atoms with Gasteiger partial charge in [-0.3, -0.25) is 4.99 Å². The topological polar surface area (TPSA) is 41.6 Å². The zero-order valence-electron chi connectivity index (χ0n) is 12.6. The Morgan fingerprint density at radius 2 is 2.24 bits per heavy atom. The van der Waals surface area contributed by atoms with Crippen LogP contribution in [0.5, 0.6) is 0 Å². The minimum absolute atomic E-state index is 0.133. The molecule has 116 valence electrons. The van der Waals surface area contributed by atoms with Crippen LogP contribution >= 0.6 is 0 Å². The SMILES string of the molecule is CC1CCCN(C(N)=NCC(C)c2ccc(F)cc2F)C1. The predicted octanol–water partition coefficient (Wildman–Crippen LogP) is 3.11. The van der Waals surface area contributed by atoms with Crippen LogP contribution in [0, 0.1) is 17.6 Å². The van der Waals surface area contributed by atoms with E-state index >= 15 is 0 Å². The maximum absolute atomic E-state index is 13.7. The number of nitrogens with zero attached hydrogens (tertiary/aromatic N) is 2. The first-order valence-electron chi connectivity index (χ1n) is 7.47. The molecule has 0 spiro atoms. The van der Waals surface area contributed by atoms with Crippen molar-refractivity contribution in [3.05, 3.63) is 35.4 Å². The fraction of sp³-hybridized carbons (Fsp3) is 0.562. The first-order chi connectivity index (χ1) is 9.97. The lowest BCUT2D eigenvalue weighted by atomic mass is 10.0. The normalized spacial score (nSPS) is 21.4. The third kappa shape index (κ3) is 4.16. The van der Waals surface area contributed by atoms with Crippen molar-refractivity contribution in [3.8, 4) is 0 Å². The molecule has 2 rings (SSSR count).